The zero-order chi connectivity index (χ0) is 19.9. The molecule has 2 atom stereocenters. The Labute approximate surface area is 168 Å². The molecule has 1 aliphatic rings. The van der Waals surface area contributed by atoms with Gasteiger partial charge in [0.15, 0.2) is 0 Å². The van der Waals surface area contributed by atoms with Crippen molar-refractivity contribution < 1.29 is 9.90 Å². The molecule has 4 nitrogen and oxygen atoms in total. The first-order valence-corrected chi connectivity index (χ1v) is 10.4. The summed E-state index contributed by atoms with van der Waals surface area (Å²) in [6, 6.07) is 17.6. The number of piperidine rings is 1. The average Bonchev–Trinajstić information content (AvgIpc) is 2.73. The van der Waals surface area contributed by atoms with Crippen LogP contribution in [-0.2, 0) is 11.2 Å². The van der Waals surface area contributed by atoms with Crippen molar-refractivity contribution in [2.24, 2.45) is 5.92 Å². The van der Waals surface area contributed by atoms with Crippen molar-refractivity contribution in [3.63, 3.8) is 0 Å². The van der Waals surface area contributed by atoms with Gasteiger partial charge in [-0.05, 0) is 81.8 Å². The Hall–Kier alpha value is -2.33. The molecule has 0 saturated carbocycles. The molecule has 4 heteroatoms. The molecule has 0 bridgehead atoms. The summed E-state index contributed by atoms with van der Waals surface area (Å²) in [6.45, 7) is 6.02. The number of aryl methyl sites for hydroxylation is 1. The van der Waals surface area contributed by atoms with Gasteiger partial charge in [0.05, 0.1) is 12.1 Å². The number of phenols is 1. The van der Waals surface area contributed by atoms with Gasteiger partial charge in [0, 0.05) is 0 Å². The molecular weight excluding hydrogens is 348 g/mol. The number of rotatable bonds is 7. The first kappa shape index (κ1) is 20.4. The van der Waals surface area contributed by atoms with Gasteiger partial charge in [-0.15, -0.1) is 0 Å². The topological polar surface area (TPSA) is 52.6 Å². The van der Waals surface area contributed by atoms with Gasteiger partial charge in [0.1, 0.15) is 5.75 Å². The molecule has 0 radical (unpaired) electrons. The Balaban J connectivity index is 1.42. The van der Waals surface area contributed by atoms with Crippen LogP contribution in [0.2, 0.25) is 0 Å². The second-order valence-corrected chi connectivity index (χ2v) is 8.00. The fourth-order valence-corrected chi connectivity index (χ4v) is 3.99. The maximum atomic E-state index is 12.7. The third kappa shape index (κ3) is 5.59. The van der Waals surface area contributed by atoms with Crippen molar-refractivity contribution in [2.45, 2.75) is 51.6 Å². The number of amides is 1. The Morgan fingerprint density at radius 2 is 1.71 bits per heavy atom. The quantitative estimate of drug-likeness (QED) is 0.753. The van der Waals surface area contributed by atoms with Crippen LogP contribution in [0.5, 0.6) is 5.75 Å². The van der Waals surface area contributed by atoms with Crippen LogP contribution in [0, 0.1) is 5.92 Å². The van der Waals surface area contributed by atoms with E-state index in [-0.39, 0.29) is 18.0 Å². The number of likely N-dealkylation sites (tertiary alicyclic amines) is 1. The van der Waals surface area contributed by atoms with E-state index in [2.05, 4.69) is 22.3 Å². The van der Waals surface area contributed by atoms with Gasteiger partial charge in [0.2, 0.25) is 5.91 Å². The Morgan fingerprint density at radius 3 is 2.36 bits per heavy atom. The van der Waals surface area contributed by atoms with Crippen molar-refractivity contribution in [3.8, 4) is 5.75 Å². The van der Waals surface area contributed by atoms with Crippen LogP contribution in [0.15, 0.2) is 54.6 Å². The second kappa shape index (κ2) is 9.74. The lowest BCUT2D eigenvalue weighted by atomic mass is 9.90. The maximum absolute atomic E-state index is 12.7. The van der Waals surface area contributed by atoms with E-state index in [9.17, 15) is 9.90 Å². The van der Waals surface area contributed by atoms with Gasteiger partial charge < -0.3 is 10.4 Å². The maximum Gasteiger partial charge on any atom is 0.237 e. The fraction of sp³-hybridized carbons (Fsp3) is 0.458. The number of carbonyl (C=O) groups is 1. The van der Waals surface area contributed by atoms with E-state index in [1.807, 2.05) is 44.2 Å². The molecule has 1 amide bonds. The molecule has 2 aromatic rings. The molecule has 2 aromatic carbocycles. The Kier molecular flexibility index (Phi) is 7.10. The van der Waals surface area contributed by atoms with Gasteiger partial charge in [-0.1, -0.05) is 42.5 Å². The molecule has 1 saturated heterocycles. The summed E-state index contributed by atoms with van der Waals surface area (Å²) in [7, 11) is 0. The van der Waals surface area contributed by atoms with E-state index in [1.165, 1.54) is 12.0 Å². The van der Waals surface area contributed by atoms with E-state index >= 15 is 0 Å². The van der Waals surface area contributed by atoms with E-state index in [1.54, 1.807) is 12.1 Å². The van der Waals surface area contributed by atoms with Crippen LogP contribution >= 0.6 is 0 Å². The molecule has 1 heterocycles. The molecule has 150 valence electrons. The lowest BCUT2D eigenvalue weighted by Crippen LogP contribution is -2.48. The van der Waals surface area contributed by atoms with Crippen molar-refractivity contribution in [1.82, 2.24) is 10.2 Å². The third-order valence-corrected chi connectivity index (χ3v) is 6.01. The predicted molar refractivity (Wildman–Crippen MR) is 113 cm³/mol. The summed E-state index contributed by atoms with van der Waals surface area (Å²) < 4.78 is 0. The smallest absolute Gasteiger partial charge is 0.237 e. The summed E-state index contributed by atoms with van der Waals surface area (Å²) in [4.78, 5) is 15.0. The highest BCUT2D eigenvalue weighted by Gasteiger charge is 2.27. The number of hydrogen-bond donors (Lipinski definition) is 2. The zero-order valence-electron chi connectivity index (χ0n) is 17.0. The van der Waals surface area contributed by atoms with Crippen LogP contribution < -0.4 is 5.32 Å². The molecule has 0 spiro atoms. The molecular formula is C24H32N2O2. The van der Waals surface area contributed by atoms with Gasteiger partial charge in [-0.3, -0.25) is 9.69 Å². The Bertz CT molecular complexity index is 737. The largest absolute Gasteiger partial charge is 0.508 e. The first-order valence-electron chi connectivity index (χ1n) is 10.4. The summed E-state index contributed by atoms with van der Waals surface area (Å²) >= 11 is 0. The monoisotopic (exact) mass is 380 g/mol. The van der Waals surface area contributed by atoms with Crippen LogP contribution in [0.1, 0.15) is 50.3 Å². The number of nitrogens with zero attached hydrogens (tertiary/aromatic N) is 1. The highest BCUT2D eigenvalue weighted by molar-refractivity contribution is 5.81. The SMILES string of the molecule is C[C@H](C(=O)N[C@H](C)c1ccccc1)N1CCC(CCc2ccc(O)cc2)CC1. The van der Waals surface area contributed by atoms with Gasteiger partial charge >= 0.3 is 0 Å². The minimum Gasteiger partial charge on any atom is -0.508 e. The normalized spacial score (nSPS) is 17.8. The highest BCUT2D eigenvalue weighted by atomic mass is 16.3. The molecule has 0 aromatic heterocycles. The van der Waals surface area contributed by atoms with E-state index in [4.69, 9.17) is 0 Å². The number of nitrogens with one attached hydrogen (secondary N) is 1. The van der Waals surface area contributed by atoms with Gasteiger partial charge in [-0.25, -0.2) is 0 Å². The number of phenolic OH excluding ortho intramolecular Hbond substituents is 1. The number of hydrogen-bond acceptors (Lipinski definition) is 3. The number of benzene rings is 2. The summed E-state index contributed by atoms with van der Waals surface area (Å²) in [6.07, 6.45) is 4.51. The first-order chi connectivity index (χ1) is 13.5. The van der Waals surface area contributed by atoms with E-state index < -0.39 is 0 Å². The van der Waals surface area contributed by atoms with E-state index in [0.29, 0.717) is 11.7 Å². The molecule has 28 heavy (non-hydrogen) atoms. The standard InChI is InChI=1S/C24H32N2O2/c1-18(22-6-4-3-5-7-22)25-24(28)19(2)26-16-14-21(15-17-26)9-8-20-10-12-23(27)13-11-20/h3-7,10-13,18-19,21,27H,8-9,14-17H2,1-2H3,(H,25,28)/t18-,19-/m1/s1. The van der Waals surface area contributed by atoms with Crippen molar-refractivity contribution in [2.75, 3.05) is 13.1 Å². The summed E-state index contributed by atoms with van der Waals surface area (Å²) in [5, 5.41) is 12.5. The molecule has 0 aliphatic carbocycles. The predicted octanol–water partition coefficient (Wildman–Crippen LogP) is 4.30. The van der Waals surface area contributed by atoms with E-state index in [0.717, 1.165) is 37.9 Å². The lowest BCUT2D eigenvalue weighted by molar-refractivity contribution is -0.127. The van der Waals surface area contributed by atoms with Crippen molar-refractivity contribution in [3.05, 3.63) is 65.7 Å². The minimum absolute atomic E-state index is 0.0269. The zero-order valence-corrected chi connectivity index (χ0v) is 17.0. The second-order valence-electron chi connectivity index (χ2n) is 8.00. The Morgan fingerprint density at radius 1 is 1.07 bits per heavy atom. The molecule has 3 rings (SSSR count). The number of aromatic hydroxyl groups is 1. The highest BCUT2D eigenvalue weighted by Crippen LogP contribution is 2.24. The van der Waals surface area contributed by atoms with Gasteiger partial charge in [0.25, 0.3) is 0 Å². The van der Waals surface area contributed by atoms with Crippen LogP contribution in [0.25, 0.3) is 0 Å². The lowest BCUT2D eigenvalue weighted by Gasteiger charge is -2.35. The van der Waals surface area contributed by atoms with Crippen LogP contribution in [-0.4, -0.2) is 35.0 Å². The molecule has 2 N–H and O–H groups in total. The third-order valence-electron chi connectivity index (χ3n) is 6.01. The van der Waals surface area contributed by atoms with Crippen LogP contribution in [0.4, 0.5) is 0 Å². The average molecular weight is 381 g/mol. The summed E-state index contributed by atoms with van der Waals surface area (Å²) in [5.41, 5.74) is 2.42. The molecule has 1 fully saturated rings. The number of carbonyl (C=O) groups excluding carboxylic acids is 1. The van der Waals surface area contributed by atoms with Crippen molar-refractivity contribution in [1.29, 1.82) is 0 Å². The molecule has 1 aliphatic heterocycles. The van der Waals surface area contributed by atoms with Crippen LogP contribution in [0.3, 0.4) is 0 Å². The van der Waals surface area contributed by atoms with Gasteiger partial charge in [-0.2, -0.15) is 0 Å². The minimum atomic E-state index is -0.0933. The van der Waals surface area contributed by atoms with Crippen molar-refractivity contribution >= 4 is 5.91 Å². The fourth-order valence-electron chi connectivity index (χ4n) is 3.99. The molecule has 0 unspecified atom stereocenters. The summed E-state index contributed by atoms with van der Waals surface area (Å²) in [5.74, 6) is 1.15.